The number of sulfone groups is 1. The van der Waals surface area contributed by atoms with E-state index in [9.17, 15) is 18.3 Å². The summed E-state index contributed by atoms with van der Waals surface area (Å²) >= 11 is 0. The van der Waals surface area contributed by atoms with Gasteiger partial charge in [0, 0.05) is 0 Å². The van der Waals surface area contributed by atoms with Gasteiger partial charge in [-0.15, -0.1) is 0 Å². The Labute approximate surface area is 146 Å². The first kappa shape index (κ1) is 18.8. The summed E-state index contributed by atoms with van der Waals surface area (Å²) in [5.74, 6) is -0.502. The molecule has 0 aliphatic heterocycles. The second kappa shape index (κ2) is 8.53. The van der Waals surface area contributed by atoms with Crippen molar-refractivity contribution in [2.75, 3.05) is 12.4 Å². The molecule has 0 aliphatic carbocycles. The average molecular weight is 364 g/mol. The number of hydrogen-bond donors (Lipinski definition) is 1. The van der Waals surface area contributed by atoms with Crippen LogP contribution in [0.25, 0.3) is 0 Å². The summed E-state index contributed by atoms with van der Waals surface area (Å²) in [6.07, 6.45) is -0.888. The van der Waals surface area contributed by atoms with Crippen LogP contribution >= 0.6 is 0 Å². The highest BCUT2D eigenvalue weighted by atomic mass is 32.2. The Hall–Kier alpha value is -2.54. The number of phenols is 1. The molecule has 25 heavy (non-hydrogen) atoms. The number of esters is 1. The SMILES string of the molecule is CC(Oc1ccc(O)cc1)C(=O)OCCS(=O)(=O)Cc1ccccc1. The van der Waals surface area contributed by atoms with Gasteiger partial charge in [-0.05, 0) is 36.8 Å². The maximum atomic E-state index is 12.0. The highest BCUT2D eigenvalue weighted by molar-refractivity contribution is 7.90. The van der Waals surface area contributed by atoms with Crippen LogP contribution in [0.4, 0.5) is 0 Å². The third-order valence-electron chi connectivity index (χ3n) is 3.35. The Balaban J connectivity index is 1.78. The van der Waals surface area contributed by atoms with Gasteiger partial charge in [0.1, 0.15) is 18.1 Å². The van der Waals surface area contributed by atoms with Gasteiger partial charge in [-0.3, -0.25) is 0 Å². The zero-order valence-corrected chi connectivity index (χ0v) is 14.6. The molecule has 7 heteroatoms. The van der Waals surface area contributed by atoms with E-state index < -0.39 is 21.9 Å². The first-order valence-corrected chi connectivity index (χ1v) is 9.54. The van der Waals surface area contributed by atoms with E-state index in [1.54, 1.807) is 24.3 Å². The van der Waals surface area contributed by atoms with Crippen molar-refractivity contribution in [3.63, 3.8) is 0 Å². The van der Waals surface area contributed by atoms with Crippen LogP contribution in [0.1, 0.15) is 12.5 Å². The van der Waals surface area contributed by atoms with Crippen molar-refractivity contribution in [2.45, 2.75) is 18.8 Å². The number of rotatable bonds is 8. The van der Waals surface area contributed by atoms with Gasteiger partial charge >= 0.3 is 5.97 Å². The van der Waals surface area contributed by atoms with E-state index in [1.165, 1.54) is 31.2 Å². The predicted octanol–water partition coefficient (Wildman–Crippen LogP) is 2.32. The van der Waals surface area contributed by atoms with E-state index in [4.69, 9.17) is 9.47 Å². The molecule has 0 aromatic heterocycles. The lowest BCUT2D eigenvalue weighted by atomic mass is 10.2. The molecule has 2 rings (SSSR count). The van der Waals surface area contributed by atoms with Crippen molar-refractivity contribution in [2.24, 2.45) is 0 Å². The van der Waals surface area contributed by atoms with Gasteiger partial charge in [0.05, 0.1) is 11.5 Å². The van der Waals surface area contributed by atoms with Gasteiger partial charge < -0.3 is 14.6 Å². The number of benzene rings is 2. The number of ether oxygens (including phenoxy) is 2. The molecule has 1 N–H and O–H groups in total. The summed E-state index contributed by atoms with van der Waals surface area (Å²) < 4.78 is 34.4. The Kier molecular flexibility index (Phi) is 6.41. The van der Waals surface area contributed by atoms with Crippen LogP contribution in [-0.4, -0.2) is 38.0 Å². The normalized spacial score (nSPS) is 12.4. The fraction of sp³-hybridized carbons (Fsp3) is 0.278. The van der Waals surface area contributed by atoms with Crippen LogP contribution < -0.4 is 4.74 Å². The van der Waals surface area contributed by atoms with Crippen LogP contribution in [0.5, 0.6) is 11.5 Å². The minimum absolute atomic E-state index is 0.0891. The molecule has 0 saturated carbocycles. The monoisotopic (exact) mass is 364 g/mol. The van der Waals surface area contributed by atoms with Crippen molar-refractivity contribution in [1.29, 1.82) is 0 Å². The summed E-state index contributed by atoms with van der Waals surface area (Å²) in [4.78, 5) is 11.9. The number of aromatic hydroxyl groups is 1. The van der Waals surface area contributed by atoms with E-state index in [0.29, 0.717) is 11.3 Å². The van der Waals surface area contributed by atoms with Gasteiger partial charge in [0.25, 0.3) is 0 Å². The fourth-order valence-corrected chi connectivity index (χ4v) is 3.25. The van der Waals surface area contributed by atoms with E-state index in [2.05, 4.69) is 0 Å². The first-order chi connectivity index (χ1) is 11.9. The third-order valence-corrected chi connectivity index (χ3v) is 4.91. The standard InChI is InChI=1S/C18H20O6S/c1-14(24-17-9-7-16(19)8-10-17)18(20)23-11-12-25(21,22)13-15-5-3-2-4-6-15/h2-10,14,19H,11-13H2,1H3. The molecular formula is C18H20O6S. The maximum absolute atomic E-state index is 12.0. The van der Waals surface area contributed by atoms with Crippen molar-refractivity contribution in [3.8, 4) is 11.5 Å². The van der Waals surface area contributed by atoms with Crippen molar-refractivity contribution in [1.82, 2.24) is 0 Å². The summed E-state index contributed by atoms with van der Waals surface area (Å²) in [5, 5.41) is 9.19. The Bertz CT molecular complexity index is 784. The molecule has 0 radical (unpaired) electrons. The third kappa shape index (κ3) is 6.46. The smallest absolute Gasteiger partial charge is 0.347 e. The van der Waals surface area contributed by atoms with Gasteiger partial charge in [-0.2, -0.15) is 0 Å². The molecule has 2 aromatic carbocycles. The minimum atomic E-state index is -3.37. The summed E-state index contributed by atoms with van der Waals surface area (Å²) in [6.45, 7) is 1.28. The van der Waals surface area contributed by atoms with Crippen molar-refractivity contribution < 1.29 is 27.8 Å². The van der Waals surface area contributed by atoms with Crippen molar-refractivity contribution in [3.05, 3.63) is 60.2 Å². The van der Waals surface area contributed by atoms with E-state index in [1.807, 2.05) is 6.07 Å². The Morgan fingerprint density at radius 2 is 1.72 bits per heavy atom. The lowest BCUT2D eigenvalue weighted by Crippen LogP contribution is -2.28. The van der Waals surface area contributed by atoms with E-state index >= 15 is 0 Å². The highest BCUT2D eigenvalue weighted by Gasteiger charge is 2.18. The average Bonchev–Trinajstić information content (AvgIpc) is 2.57. The molecule has 1 unspecified atom stereocenters. The molecule has 0 saturated heterocycles. The summed E-state index contributed by atoms with van der Waals surface area (Å²) in [5.41, 5.74) is 0.692. The van der Waals surface area contributed by atoms with Gasteiger partial charge in [0.15, 0.2) is 15.9 Å². The second-order valence-electron chi connectivity index (χ2n) is 5.50. The van der Waals surface area contributed by atoms with E-state index in [-0.39, 0.29) is 23.9 Å². The van der Waals surface area contributed by atoms with Gasteiger partial charge in [-0.1, -0.05) is 30.3 Å². The molecule has 1 atom stereocenters. The largest absolute Gasteiger partial charge is 0.508 e. The van der Waals surface area contributed by atoms with Gasteiger partial charge in [0.2, 0.25) is 0 Å². The Morgan fingerprint density at radius 1 is 1.08 bits per heavy atom. The van der Waals surface area contributed by atoms with Crippen LogP contribution in [0, 0.1) is 0 Å². The summed E-state index contributed by atoms with van der Waals surface area (Å²) in [6, 6.07) is 14.7. The van der Waals surface area contributed by atoms with Crippen LogP contribution in [0.15, 0.2) is 54.6 Å². The van der Waals surface area contributed by atoms with E-state index in [0.717, 1.165) is 0 Å². The van der Waals surface area contributed by atoms with Crippen LogP contribution in [-0.2, 0) is 25.1 Å². The molecule has 0 spiro atoms. The van der Waals surface area contributed by atoms with Crippen LogP contribution in [0.2, 0.25) is 0 Å². The van der Waals surface area contributed by atoms with Gasteiger partial charge in [-0.25, -0.2) is 13.2 Å². The molecule has 0 bridgehead atoms. The number of carbonyl (C=O) groups is 1. The zero-order chi connectivity index (χ0) is 18.3. The van der Waals surface area contributed by atoms with Crippen molar-refractivity contribution >= 4 is 15.8 Å². The molecule has 0 heterocycles. The Morgan fingerprint density at radius 3 is 2.36 bits per heavy atom. The highest BCUT2D eigenvalue weighted by Crippen LogP contribution is 2.17. The predicted molar refractivity (Wildman–Crippen MR) is 93.1 cm³/mol. The molecule has 0 amide bonds. The molecule has 6 nitrogen and oxygen atoms in total. The zero-order valence-electron chi connectivity index (χ0n) is 13.8. The number of carbonyl (C=O) groups excluding carboxylic acids is 1. The molecule has 134 valence electrons. The lowest BCUT2D eigenvalue weighted by Gasteiger charge is -2.14. The fourth-order valence-electron chi connectivity index (χ4n) is 2.06. The lowest BCUT2D eigenvalue weighted by molar-refractivity contribution is -0.150. The molecular weight excluding hydrogens is 344 g/mol. The molecule has 2 aromatic rings. The number of phenolic OH excluding ortho intramolecular Hbond substituents is 1. The molecule has 0 aliphatic rings. The topological polar surface area (TPSA) is 89.9 Å². The number of hydrogen-bond acceptors (Lipinski definition) is 6. The maximum Gasteiger partial charge on any atom is 0.347 e. The summed E-state index contributed by atoms with van der Waals surface area (Å²) in [7, 11) is -3.37. The first-order valence-electron chi connectivity index (χ1n) is 7.72. The van der Waals surface area contributed by atoms with Crippen LogP contribution in [0.3, 0.4) is 0 Å². The minimum Gasteiger partial charge on any atom is -0.508 e. The second-order valence-corrected chi connectivity index (χ2v) is 7.68. The quantitative estimate of drug-likeness (QED) is 0.723. The molecule has 0 fully saturated rings.